The molecule has 2 aliphatic rings. The highest BCUT2D eigenvalue weighted by Gasteiger charge is 2.41. The Morgan fingerprint density at radius 3 is 2.64 bits per heavy atom. The monoisotopic (exact) mass is 584 g/mol. The average molecular weight is 585 g/mol. The van der Waals surface area contributed by atoms with Gasteiger partial charge in [-0.3, -0.25) is 9.78 Å². The normalized spacial score (nSPS) is 16.0. The van der Waals surface area contributed by atoms with E-state index in [1.54, 1.807) is 26.4 Å². The van der Waals surface area contributed by atoms with E-state index in [-0.39, 0.29) is 25.5 Å². The van der Waals surface area contributed by atoms with E-state index < -0.39 is 12.0 Å². The van der Waals surface area contributed by atoms with Crippen LogP contribution in [0.25, 0.3) is 0 Å². The number of amidine groups is 1. The minimum absolute atomic E-state index is 0.109. The van der Waals surface area contributed by atoms with Gasteiger partial charge in [-0.05, 0) is 47.2 Å². The number of pyridine rings is 1. The number of rotatable bonds is 12. The molecule has 42 heavy (non-hydrogen) atoms. The second kappa shape index (κ2) is 14.0. The molecule has 2 aliphatic heterocycles. The summed E-state index contributed by atoms with van der Waals surface area (Å²) in [5, 5.41) is 5.57. The second-order valence-corrected chi connectivity index (χ2v) is 10.5. The number of carbonyl (C=O) groups is 2. The van der Waals surface area contributed by atoms with Crippen LogP contribution in [0, 0.1) is 0 Å². The first-order chi connectivity index (χ1) is 20.5. The number of carbonyl (C=O) groups excluding carboxylic acids is 2. The number of hydrogen-bond donors (Lipinski definition) is 1. The van der Waals surface area contributed by atoms with E-state index in [0.717, 1.165) is 22.4 Å². The van der Waals surface area contributed by atoms with Crippen LogP contribution in [0.2, 0.25) is 0 Å². The molecule has 0 saturated carbocycles. The smallest absolute Gasteiger partial charge is 0.338 e. The van der Waals surface area contributed by atoms with Gasteiger partial charge in [-0.25, -0.2) is 9.79 Å². The molecule has 10 heteroatoms. The lowest BCUT2D eigenvalue weighted by molar-refractivity contribution is -0.141. The summed E-state index contributed by atoms with van der Waals surface area (Å²) in [4.78, 5) is 37.3. The summed E-state index contributed by atoms with van der Waals surface area (Å²) in [6.07, 6.45) is 3.52. The number of hydrogen-bond acceptors (Lipinski definition) is 9. The number of thioether (sulfide) groups is 1. The molecule has 1 amide bonds. The largest absolute Gasteiger partial charge is 0.489 e. The minimum atomic E-state index is -0.569. The summed E-state index contributed by atoms with van der Waals surface area (Å²) in [6.45, 7) is 2.98. The maximum atomic E-state index is 13.5. The maximum Gasteiger partial charge on any atom is 0.338 e. The van der Waals surface area contributed by atoms with Crippen molar-refractivity contribution in [3.63, 3.8) is 0 Å². The number of benzene rings is 2. The Bertz CT molecular complexity index is 1510. The van der Waals surface area contributed by atoms with Gasteiger partial charge in [0.25, 0.3) is 0 Å². The number of ether oxygens (including phenoxy) is 3. The number of amides is 1. The summed E-state index contributed by atoms with van der Waals surface area (Å²) in [5.41, 5.74) is 4.47. The Labute approximate surface area is 249 Å². The van der Waals surface area contributed by atoms with Crippen LogP contribution in [0.5, 0.6) is 5.75 Å². The quantitative estimate of drug-likeness (QED) is 0.231. The standard InChI is InChI=1S/C32H32N4O5S/c1-22-29(31(38)40-15-14-39-2)30(25-11-6-12-27(16-25)41-20-23-8-4-3-5-9-23)36-26(21-42-32(36)35-22)17-28(37)34-19-24-10-7-13-33-18-24/h3-13,16,18,21,30H,14-15,17,19-20H2,1-2H3,(H,34,37). The molecule has 1 N–H and O–H groups in total. The lowest BCUT2D eigenvalue weighted by Gasteiger charge is -2.36. The zero-order chi connectivity index (χ0) is 29.3. The van der Waals surface area contributed by atoms with Crippen molar-refractivity contribution in [2.45, 2.75) is 32.5 Å². The molecule has 5 rings (SSSR count). The van der Waals surface area contributed by atoms with Crippen LogP contribution in [0.4, 0.5) is 0 Å². The number of aromatic nitrogens is 1. The third kappa shape index (κ3) is 7.07. The highest BCUT2D eigenvalue weighted by atomic mass is 32.2. The molecule has 1 atom stereocenters. The third-order valence-electron chi connectivity index (χ3n) is 6.72. The van der Waals surface area contributed by atoms with Crippen molar-refractivity contribution < 1.29 is 23.8 Å². The first-order valence-electron chi connectivity index (χ1n) is 13.6. The summed E-state index contributed by atoms with van der Waals surface area (Å²) >= 11 is 1.43. The molecule has 0 radical (unpaired) electrons. The van der Waals surface area contributed by atoms with Crippen molar-refractivity contribution in [1.82, 2.24) is 15.2 Å². The van der Waals surface area contributed by atoms with Crippen molar-refractivity contribution in [2.24, 2.45) is 4.99 Å². The number of esters is 1. The summed E-state index contributed by atoms with van der Waals surface area (Å²) < 4.78 is 16.8. The van der Waals surface area contributed by atoms with E-state index in [0.29, 0.717) is 35.3 Å². The van der Waals surface area contributed by atoms with Crippen molar-refractivity contribution in [2.75, 3.05) is 20.3 Å². The number of nitrogens with one attached hydrogen (secondary N) is 1. The fourth-order valence-electron chi connectivity index (χ4n) is 4.69. The minimum Gasteiger partial charge on any atom is -0.489 e. The molecule has 1 aromatic heterocycles. The van der Waals surface area contributed by atoms with E-state index in [2.05, 4.69) is 10.3 Å². The van der Waals surface area contributed by atoms with Crippen LogP contribution in [0.3, 0.4) is 0 Å². The first-order valence-corrected chi connectivity index (χ1v) is 14.4. The highest BCUT2D eigenvalue weighted by Crippen LogP contribution is 2.45. The van der Waals surface area contributed by atoms with Crippen LogP contribution in [0.15, 0.2) is 106 Å². The zero-order valence-corrected chi connectivity index (χ0v) is 24.3. The number of fused-ring (bicyclic) bond motifs is 1. The second-order valence-electron chi connectivity index (χ2n) is 9.68. The van der Waals surface area contributed by atoms with Crippen LogP contribution < -0.4 is 10.1 Å². The molecule has 0 fully saturated rings. The molecule has 2 aromatic carbocycles. The summed E-state index contributed by atoms with van der Waals surface area (Å²) in [5.74, 6) is 0.0307. The average Bonchev–Trinajstić information content (AvgIpc) is 3.41. The van der Waals surface area contributed by atoms with Gasteiger partial charge in [0.15, 0.2) is 5.17 Å². The fraction of sp³-hybridized carbons (Fsp3) is 0.250. The van der Waals surface area contributed by atoms with Crippen molar-refractivity contribution >= 4 is 28.8 Å². The van der Waals surface area contributed by atoms with Crippen LogP contribution in [-0.4, -0.2) is 47.3 Å². The maximum absolute atomic E-state index is 13.5. The molecule has 0 bridgehead atoms. The van der Waals surface area contributed by atoms with Crippen molar-refractivity contribution in [3.8, 4) is 5.75 Å². The molecule has 216 valence electrons. The Morgan fingerprint density at radius 1 is 1.02 bits per heavy atom. The molecular weight excluding hydrogens is 552 g/mol. The van der Waals surface area contributed by atoms with Gasteiger partial charge in [0.1, 0.15) is 19.0 Å². The molecule has 0 aliphatic carbocycles. The van der Waals surface area contributed by atoms with Crippen LogP contribution >= 0.6 is 11.8 Å². The van der Waals surface area contributed by atoms with Crippen LogP contribution in [-0.2, 0) is 32.2 Å². The lowest BCUT2D eigenvalue weighted by Crippen LogP contribution is -2.38. The van der Waals surface area contributed by atoms with Gasteiger partial charge < -0.3 is 24.4 Å². The first kappa shape index (κ1) is 29.1. The number of aliphatic imine (C=N–C) groups is 1. The van der Waals surface area contributed by atoms with Crippen molar-refractivity contribution in [1.29, 1.82) is 0 Å². The topological polar surface area (TPSA) is 102 Å². The molecule has 0 spiro atoms. The van der Waals surface area contributed by atoms with Crippen molar-refractivity contribution in [3.05, 3.63) is 118 Å². The Morgan fingerprint density at radius 2 is 1.86 bits per heavy atom. The SMILES string of the molecule is COCCOC(=O)C1=C(C)N=C2SC=C(CC(=O)NCc3cccnc3)N2C1c1cccc(OCc2ccccc2)c1. The van der Waals surface area contributed by atoms with E-state index in [4.69, 9.17) is 19.2 Å². The number of methoxy groups -OCH3 is 1. The summed E-state index contributed by atoms with van der Waals surface area (Å²) in [7, 11) is 1.55. The fourth-order valence-corrected chi connectivity index (χ4v) is 5.65. The van der Waals surface area contributed by atoms with Gasteiger partial charge in [-0.1, -0.05) is 60.3 Å². The zero-order valence-electron chi connectivity index (χ0n) is 23.5. The Hall–Kier alpha value is -4.41. The van der Waals surface area contributed by atoms with Gasteiger partial charge in [0, 0.05) is 31.7 Å². The molecule has 9 nitrogen and oxygen atoms in total. The van der Waals surface area contributed by atoms with E-state index in [1.807, 2.05) is 77.0 Å². The van der Waals surface area contributed by atoms with Gasteiger partial charge >= 0.3 is 5.97 Å². The van der Waals surface area contributed by atoms with Gasteiger partial charge in [-0.2, -0.15) is 0 Å². The van der Waals surface area contributed by atoms with E-state index in [1.165, 1.54) is 11.8 Å². The predicted molar refractivity (Wildman–Crippen MR) is 161 cm³/mol. The molecule has 0 saturated heterocycles. The Kier molecular flexibility index (Phi) is 9.68. The van der Waals surface area contributed by atoms with Gasteiger partial charge in [0.2, 0.25) is 5.91 Å². The van der Waals surface area contributed by atoms with E-state index in [9.17, 15) is 9.59 Å². The third-order valence-corrected chi connectivity index (χ3v) is 7.61. The lowest BCUT2D eigenvalue weighted by atomic mass is 9.93. The number of nitrogens with zero attached hydrogens (tertiary/aromatic N) is 3. The molecule has 1 unspecified atom stereocenters. The highest BCUT2D eigenvalue weighted by molar-refractivity contribution is 8.16. The van der Waals surface area contributed by atoms with Gasteiger partial charge in [0.05, 0.1) is 30.3 Å². The van der Waals surface area contributed by atoms with E-state index >= 15 is 0 Å². The number of allylic oxidation sites excluding steroid dienone is 1. The van der Waals surface area contributed by atoms with Gasteiger partial charge in [-0.15, -0.1) is 0 Å². The Balaban J connectivity index is 1.41. The molecule has 3 aromatic rings. The molecular formula is C32H32N4O5S. The van der Waals surface area contributed by atoms with Crippen LogP contribution in [0.1, 0.15) is 36.1 Å². The predicted octanol–water partition coefficient (Wildman–Crippen LogP) is 5.13. The summed E-state index contributed by atoms with van der Waals surface area (Å²) in [6, 6.07) is 20.7. The molecule has 3 heterocycles.